The van der Waals surface area contributed by atoms with Crippen molar-refractivity contribution in [3.05, 3.63) is 53.3 Å². The molecule has 0 aliphatic carbocycles. The van der Waals surface area contributed by atoms with Gasteiger partial charge < -0.3 is 5.32 Å². The Labute approximate surface area is 168 Å². The molecule has 0 radical (unpaired) electrons. The monoisotopic (exact) mass is 379 g/mol. The summed E-state index contributed by atoms with van der Waals surface area (Å²) in [6, 6.07) is 13.3. The van der Waals surface area contributed by atoms with E-state index >= 15 is 0 Å². The van der Waals surface area contributed by atoms with Gasteiger partial charge >= 0.3 is 0 Å². The lowest BCUT2D eigenvalue weighted by Crippen LogP contribution is -2.51. The van der Waals surface area contributed by atoms with Crippen molar-refractivity contribution in [1.82, 2.24) is 24.9 Å². The molecule has 2 aromatic rings. The molecule has 1 aromatic carbocycles. The van der Waals surface area contributed by atoms with Gasteiger partial charge in [0.1, 0.15) is 0 Å². The number of piperidine rings is 2. The number of nitrogens with zero attached hydrogens (tertiary/aromatic N) is 4. The lowest BCUT2D eigenvalue weighted by atomic mass is 9.73. The lowest BCUT2D eigenvalue weighted by molar-refractivity contribution is 0.00731. The molecule has 5 rings (SSSR count). The smallest absolute Gasteiger partial charge is 0.0768 e. The number of nitrogens with one attached hydrogen (secondary N) is 1. The second-order valence-electron chi connectivity index (χ2n) is 9.14. The summed E-state index contributed by atoms with van der Waals surface area (Å²) in [6.45, 7) is 10.1. The average Bonchev–Trinajstić information content (AvgIpc) is 3.11. The number of hydrogen-bond acceptors (Lipinski definition) is 4. The van der Waals surface area contributed by atoms with E-state index in [2.05, 4.69) is 56.2 Å². The predicted octanol–water partition coefficient (Wildman–Crippen LogP) is 2.86. The highest BCUT2D eigenvalue weighted by atomic mass is 15.3. The first kappa shape index (κ1) is 18.3. The fraction of sp³-hybridized carbons (Fsp3) is 0.609. The van der Waals surface area contributed by atoms with Crippen LogP contribution in [0.15, 0.2) is 36.4 Å². The quantitative estimate of drug-likeness (QED) is 0.886. The van der Waals surface area contributed by atoms with Gasteiger partial charge in [-0.1, -0.05) is 30.3 Å². The predicted molar refractivity (Wildman–Crippen MR) is 112 cm³/mol. The number of aromatic nitrogens is 2. The molecule has 2 fully saturated rings. The normalized spacial score (nSPS) is 26.4. The Balaban J connectivity index is 1.23. The molecule has 0 bridgehead atoms. The zero-order valence-electron chi connectivity index (χ0n) is 16.9. The summed E-state index contributed by atoms with van der Waals surface area (Å²) in [6.07, 6.45) is 5.44. The van der Waals surface area contributed by atoms with Gasteiger partial charge in [0.25, 0.3) is 0 Å². The third-order valence-corrected chi connectivity index (χ3v) is 6.84. The number of likely N-dealkylation sites (tertiary alicyclic amines) is 2. The van der Waals surface area contributed by atoms with Crippen LogP contribution in [-0.4, -0.2) is 52.3 Å². The molecule has 28 heavy (non-hydrogen) atoms. The molecule has 5 nitrogen and oxygen atoms in total. The second kappa shape index (κ2) is 7.97. The number of benzene rings is 1. The molecule has 1 spiro atoms. The van der Waals surface area contributed by atoms with Gasteiger partial charge in [-0.15, -0.1) is 0 Å². The van der Waals surface area contributed by atoms with E-state index in [1.807, 2.05) is 0 Å². The van der Waals surface area contributed by atoms with Crippen molar-refractivity contribution in [3.63, 3.8) is 0 Å². The van der Waals surface area contributed by atoms with Crippen LogP contribution in [0.5, 0.6) is 0 Å². The number of rotatable bonds is 4. The van der Waals surface area contributed by atoms with E-state index in [1.165, 1.54) is 68.8 Å². The van der Waals surface area contributed by atoms with Gasteiger partial charge in [-0.25, -0.2) is 0 Å². The van der Waals surface area contributed by atoms with Crippen LogP contribution in [0.3, 0.4) is 0 Å². The first-order valence-electron chi connectivity index (χ1n) is 11.0. The lowest BCUT2D eigenvalue weighted by Gasteiger charge is -2.48. The third-order valence-electron chi connectivity index (χ3n) is 6.84. The Bertz CT molecular complexity index is 758. The minimum Gasteiger partial charge on any atom is -0.309 e. The molecule has 0 amide bonds. The van der Waals surface area contributed by atoms with E-state index in [1.54, 1.807) is 0 Å². The van der Waals surface area contributed by atoms with Crippen molar-refractivity contribution in [2.45, 2.75) is 51.9 Å². The van der Waals surface area contributed by atoms with Crippen LogP contribution >= 0.6 is 0 Å². The van der Waals surface area contributed by atoms with Crippen molar-refractivity contribution in [2.75, 3.05) is 32.7 Å². The zero-order chi connectivity index (χ0) is 18.8. The average molecular weight is 380 g/mol. The molecule has 1 aromatic heterocycles. The molecule has 150 valence electrons. The van der Waals surface area contributed by atoms with Crippen molar-refractivity contribution < 1.29 is 0 Å². The summed E-state index contributed by atoms with van der Waals surface area (Å²) in [4.78, 5) is 5.38. The van der Waals surface area contributed by atoms with E-state index in [-0.39, 0.29) is 0 Å². The standard InChI is InChI=1S/C23H33N5/c1-2-6-20(7-3-1)16-26-11-4-8-23(18-26)9-5-12-27(19-23)17-21-14-22-15-24-10-13-28(22)25-21/h1-3,6-7,14,24H,4-5,8-13,15-19H2. The number of hydrogen-bond donors (Lipinski definition) is 1. The summed E-state index contributed by atoms with van der Waals surface area (Å²) >= 11 is 0. The minimum absolute atomic E-state index is 0.478. The van der Waals surface area contributed by atoms with Gasteiger partial charge in [-0.3, -0.25) is 14.5 Å². The van der Waals surface area contributed by atoms with Gasteiger partial charge in [0.15, 0.2) is 0 Å². The van der Waals surface area contributed by atoms with Crippen LogP contribution in [0.25, 0.3) is 0 Å². The van der Waals surface area contributed by atoms with Crippen molar-refractivity contribution in [1.29, 1.82) is 0 Å². The molecule has 5 heteroatoms. The Hall–Kier alpha value is -1.69. The summed E-state index contributed by atoms with van der Waals surface area (Å²) < 4.78 is 2.20. The molecule has 1 unspecified atom stereocenters. The SMILES string of the molecule is c1ccc(CN2CCCC3(CCCN(Cc4cc5n(n4)CCNC5)C3)C2)cc1. The molecule has 3 aliphatic rings. The maximum Gasteiger partial charge on any atom is 0.0768 e. The Kier molecular flexibility index (Phi) is 5.22. The highest BCUT2D eigenvalue weighted by Crippen LogP contribution is 2.39. The highest BCUT2D eigenvalue weighted by Gasteiger charge is 2.39. The minimum atomic E-state index is 0.478. The molecule has 1 atom stereocenters. The number of fused-ring (bicyclic) bond motifs is 1. The Morgan fingerprint density at radius 3 is 2.43 bits per heavy atom. The van der Waals surface area contributed by atoms with Gasteiger partial charge in [0.2, 0.25) is 0 Å². The van der Waals surface area contributed by atoms with Gasteiger partial charge in [0.05, 0.1) is 17.9 Å². The highest BCUT2D eigenvalue weighted by molar-refractivity contribution is 5.15. The van der Waals surface area contributed by atoms with Gasteiger partial charge in [-0.05, 0) is 55.8 Å². The van der Waals surface area contributed by atoms with E-state index in [9.17, 15) is 0 Å². The van der Waals surface area contributed by atoms with Crippen LogP contribution in [0.1, 0.15) is 42.6 Å². The van der Waals surface area contributed by atoms with Crippen molar-refractivity contribution in [3.8, 4) is 0 Å². The molecule has 3 aliphatic heterocycles. The second-order valence-corrected chi connectivity index (χ2v) is 9.14. The fourth-order valence-electron chi connectivity index (χ4n) is 5.62. The van der Waals surface area contributed by atoms with Gasteiger partial charge in [-0.2, -0.15) is 5.10 Å². The van der Waals surface area contributed by atoms with Crippen molar-refractivity contribution in [2.24, 2.45) is 5.41 Å². The van der Waals surface area contributed by atoms with E-state index < -0.39 is 0 Å². The first-order chi connectivity index (χ1) is 13.8. The van der Waals surface area contributed by atoms with E-state index in [0.717, 1.165) is 32.7 Å². The Morgan fingerprint density at radius 1 is 0.929 bits per heavy atom. The van der Waals surface area contributed by atoms with E-state index in [0.29, 0.717) is 5.41 Å². The molecular formula is C23H33N5. The summed E-state index contributed by atoms with van der Waals surface area (Å²) in [7, 11) is 0. The molecule has 1 N–H and O–H groups in total. The molecule has 4 heterocycles. The summed E-state index contributed by atoms with van der Waals surface area (Å²) in [5, 5.41) is 8.32. The maximum atomic E-state index is 4.87. The van der Waals surface area contributed by atoms with Crippen LogP contribution in [0.2, 0.25) is 0 Å². The van der Waals surface area contributed by atoms with E-state index in [4.69, 9.17) is 5.10 Å². The summed E-state index contributed by atoms with van der Waals surface area (Å²) in [5.74, 6) is 0. The molecule has 0 saturated carbocycles. The first-order valence-corrected chi connectivity index (χ1v) is 11.0. The Morgan fingerprint density at radius 2 is 1.68 bits per heavy atom. The van der Waals surface area contributed by atoms with Crippen molar-refractivity contribution >= 4 is 0 Å². The van der Waals surface area contributed by atoms with Crippen LogP contribution in [0, 0.1) is 5.41 Å². The van der Waals surface area contributed by atoms with Crippen LogP contribution in [-0.2, 0) is 26.2 Å². The molecule has 2 saturated heterocycles. The largest absolute Gasteiger partial charge is 0.309 e. The van der Waals surface area contributed by atoms with Gasteiger partial charge in [0, 0.05) is 39.3 Å². The van der Waals surface area contributed by atoms with Crippen LogP contribution in [0.4, 0.5) is 0 Å². The summed E-state index contributed by atoms with van der Waals surface area (Å²) in [5.41, 5.74) is 4.53. The zero-order valence-corrected chi connectivity index (χ0v) is 16.9. The fourth-order valence-corrected chi connectivity index (χ4v) is 5.62. The topological polar surface area (TPSA) is 36.3 Å². The third kappa shape index (κ3) is 4.02. The maximum absolute atomic E-state index is 4.87. The molecular weight excluding hydrogens is 346 g/mol. The van der Waals surface area contributed by atoms with Crippen LogP contribution < -0.4 is 5.32 Å².